The van der Waals surface area contributed by atoms with Crippen LogP contribution in [0.1, 0.15) is 47.0 Å². The predicted octanol–water partition coefficient (Wildman–Crippen LogP) is 0.458. The summed E-state index contributed by atoms with van der Waals surface area (Å²) in [6.07, 6.45) is 1.94. The average molecular weight is 377 g/mol. The van der Waals surface area contributed by atoms with Crippen molar-refractivity contribution in [3.05, 3.63) is 11.3 Å². The van der Waals surface area contributed by atoms with E-state index in [1.165, 1.54) is 0 Å². The summed E-state index contributed by atoms with van der Waals surface area (Å²) in [5, 5.41) is 3.33. The number of hydrogen-bond acceptors (Lipinski definition) is 6. The lowest BCUT2D eigenvalue weighted by Crippen LogP contribution is -2.51. The Kier molecular flexibility index (Phi) is 5.20. The second kappa shape index (κ2) is 7.14. The lowest BCUT2D eigenvalue weighted by Gasteiger charge is -2.39. The molecule has 0 aromatic carbocycles. The third-order valence-corrected chi connectivity index (χ3v) is 6.05. The first kappa shape index (κ1) is 19.7. The summed E-state index contributed by atoms with van der Waals surface area (Å²) in [5.74, 6) is 0.643. The summed E-state index contributed by atoms with van der Waals surface area (Å²) in [6.45, 7) is 10.3. The van der Waals surface area contributed by atoms with Gasteiger partial charge in [0.15, 0.2) is 6.29 Å². The summed E-state index contributed by atoms with van der Waals surface area (Å²) in [4.78, 5) is 35.3. The number of amides is 2. The molecule has 0 aromatic rings. The average Bonchev–Trinajstić information content (AvgIpc) is 3.11. The number of nitrogens with zero attached hydrogens (tertiary/aromatic N) is 4. The van der Waals surface area contributed by atoms with E-state index >= 15 is 0 Å². The molecule has 8 heteroatoms. The Morgan fingerprint density at radius 2 is 2.07 bits per heavy atom. The molecule has 0 radical (unpaired) electrons. The van der Waals surface area contributed by atoms with Crippen LogP contribution in [0.3, 0.4) is 0 Å². The van der Waals surface area contributed by atoms with Gasteiger partial charge < -0.3 is 20.4 Å². The van der Waals surface area contributed by atoms with E-state index in [0.29, 0.717) is 31.0 Å². The van der Waals surface area contributed by atoms with Crippen LogP contribution >= 0.6 is 0 Å². The summed E-state index contributed by atoms with van der Waals surface area (Å²) in [7, 11) is 1.88. The number of carbonyl (C=O) groups excluding carboxylic acids is 2. The lowest BCUT2D eigenvalue weighted by atomic mass is 9.87. The normalized spacial score (nSPS) is 28.6. The molecule has 0 aromatic heterocycles. The van der Waals surface area contributed by atoms with Gasteiger partial charge in [0, 0.05) is 44.7 Å². The van der Waals surface area contributed by atoms with Gasteiger partial charge in [-0.25, -0.2) is 4.99 Å². The SMILES string of the molecule is CCC1(C)C2=C(C(=O)N1C(C)C)N(C)C(NCCN1CCCC1=O)N=C2N. The van der Waals surface area contributed by atoms with Crippen LogP contribution in [-0.4, -0.2) is 76.9 Å². The van der Waals surface area contributed by atoms with Crippen molar-refractivity contribution in [1.29, 1.82) is 0 Å². The highest BCUT2D eigenvalue weighted by Gasteiger charge is 2.52. The van der Waals surface area contributed by atoms with Gasteiger partial charge in [0.1, 0.15) is 11.5 Å². The zero-order chi connectivity index (χ0) is 19.9. The molecule has 8 nitrogen and oxygen atoms in total. The summed E-state index contributed by atoms with van der Waals surface area (Å²) in [5.41, 5.74) is 7.36. The molecule has 150 valence electrons. The highest BCUT2D eigenvalue weighted by molar-refractivity contribution is 6.12. The largest absolute Gasteiger partial charge is 0.384 e. The van der Waals surface area contributed by atoms with E-state index < -0.39 is 11.8 Å². The molecular formula is C19H32N6O2. The minimum atomic E-state index is -0.449. The molecule has 0 spiro atoms. The molecule has 1 fully saturated rings. The second-order valence-electron chi connectivity index (χ2n) is 8.06. The topological polar surface area (TPSA) is 94.3 Å². The van der Waals surface area contributed by atoms with E-state index in [9.17, 15) is 9.59 Å². The van der Waals surface area contributed by atoms with Crippen LogP contribution in [0, 0.1) is 0 Å². The molecule has 2 unspecified atom stereocenters. The monoisotopic (exact) mass is 376 g/mol. The van der Waals surface area contributed by atoms with Gasteiger partial charge in [0.25, 0.3) is 5.91 Å². The van der Waals surface area contributed by atoms with Crippen molar-refractivity contribution < 1.29 is 9.59 Å². The zero-order valence-corrected chi connectivity index (χ0v) is 17.1. The van der Waals surface area contributed by atoms with Gasteiger partial charge >= 0.3 is 0 Å². The van der Waals surface area contributed by atoms with E-state index in [-0.39, 0.29) is 17.9 Å². The molecule has 2 amide bonds. The smallest absolute Gasteiger partial charge is 0.271 e. The number of aliphatic imine (C=N–C) groups is 1. The molecule has 0 bridgehead atoms. The standard InChI is InChI=1S/C19H32N6O2/c1-6-19(4)14-15(17(27)25(19)12(2)3)23(5)18(22-16(14)20)21-9-11-24-10-7-8-13(24)26/h12,18,21H,6-11H2,1-5H3,(H2,20,22). The van der Waals surface area contributed by atoms with Crippen LogP contribution in [0.2, 0.25) is 0 Å². The molecule has 27 heavy (non-hydrogen) atoms. The number of likely N-dealkylation sites (N-methyl/N-ethyl adjacent to an activating group) is 1. The molecule has 3 aliphatic heterocycles. The van der Waals surface area contributed by atoms with Gasteiger partial charge in [-0.15, -0.1) is 0 Å². The third-order valence-electron chi connectivity index (χ3n) is 6.05. The Labute approximate surface area is 161 Å². The third kappa shape index (κ3) is 3.09. The molecule has 3 aliphatic rings. The number of carbonyl (C=O) groups is 2. The zero-order valence-electron chi connectivity index (χ0n) is 17.1. The number of nitrogens with one attached hydrogen (secondary N) is 1. The van der Waals surface area contributed by atoms with Crippen LogP contribution in [0.4, 0.5) is 0 Å². The fourth-order valence-electron chi connectivity index (χ4n) is 4.55. The molecular weight excluding hydrogens is 344 g/mol. The van der Waals surface area contributed by atoms with E-state index in [4.69, 9.17) is 5.73 Å². The highest BCUT2D eigenvalue weighted by atomic mass is 16.2. The van der Waals surface area contributed by atoms with Crippen molar-refractivity contribution in [1.82, 2.24) is 20.0 Å². The minimum absolute atomic E-state index is 0.00576. The molecule has 3 rings (SSSR count). The Morgan fingerprint density at radius 1 is 1.37 bits per heavy atom. The maximum atomic E-state index is 13.2. The summed E-state index contributed by atoms with van der Waals surface area (Å²) >= 11 is 0. The first-order valence-corrected chi connectivity index (χ1v) is 9.88. The molecule has 3 N–H and O–H groups in total. The van der Waals surface area contributed by atoms with Crippen LogP contribution in [-0.2, 0) is 9.59 Å². The number of likely N-dealkylation sites (tertiary alicyclic amines) is 1. The fraction of sp³-hybridized carbons (Fsp3) is 0.737. The van der Waals surface area contributed by atoms with Gasteiger partial charge in [-0.1, -0.05) is 6.92 Å². The number of rotatable bonds is 6. The molecule has 3 heterocycles. The van der Waals surface area contributed by atoms with Crippen molar-refractivity contribution in [2.75, 3.05) is 26.7 Å². The molecule has 1 saturated heterocycles. The quantitative estimate of drug-likeness (QED) is 0.702. The minimum Gasteiger partial charge on any atom is -0.384 e. The fourth-order valence-corrected chi connectivity index (χ4v) is 4.55. The number of nitrogens with two attached hydrogens (primary N) is 1. The maximum absolute atomic E-state index is 13.2. The Bertz CT molecular complexity index is 700. The van der Waals surface area contributed by atoms with Crippen molar-refractivity contribution in [2.24, 2.45) is 10.7 Å². The van der Waals surface area contributed by atoms with Crippen LogP contribution in [0.15, 0.2) is 16.3 Å². The van der Waals surface area contributed by atoms with Crippen molar-refractivity contribution in [2.45, 2.75) is 64.8 Å². The maximum Gasteiger partial charge on any atom is 0.271 e. The second-order valence-corrected chi connectivity index (χ2v) is 8.06. The highest BCUT2D eigenvalue weighted by Crippen LogP contribution is 2.42. The van der Waals surface area contributed by atoms with Crippen LogP contribution in [0.5, 0.6) is 0 Å². The molecule has 0 saturated carbocycles. The Balaban J connectivity index is 1.77. The number of amidine groups is 1. The van der Waals surface area contributed by atoms with Crippen molar-refractivity contribution >= 4 is 17.6 Å². The van der Waals surface area contributed by atoms with Gasteiger partial charge in [-0.3, -0.25) is 14.9 Å². The van der Waals surface area contributed by atoms with Gasteiger partial charge in [0.05, 0.1) is 5.54 Å². The van der Waals surface area contributed by atoms with Crippen LogP contribution < -0.4 is 11.1 Å². The molecule has 0 aliphatic carbocycles. The Morgan fingerprint density at radius 3 is 2.63 bits per heavy atom. The van der Waals surface area contributed by atoms with Gasteiger partial charge in [-0.2, -0.15) is 0 Å². The lowest BCUT2D eigenvalue weighted by molar-refractivity contribution is -0.133. The van der Waals surface area contributed by atoms with E-state index in [1.54, 1.807) is 0 Å². The van der Waals surface area contributed by atoms with E-state index in [1.807, 2.05) is 35.6 Å². The summed E-state index contributed by atoms with van der Waals surface area (Å²) < 4.78 is 0. The first-order chi connectivity index (χ1) is 12.7. The predicted molar refractivity (Wildman–Crippen MR) is 105 cm³/mol. The van der Waals surface area contributed by atoms with Crippen LogP contribution in [0.25, 0.3) is 0 Å². The number of hydrogen-bond donors (Lipinski definition) is 2. The van der Waals surface area contributed by atoms with Crippen molar-refractivity contribution in [3.63, 3.8) is 0 Å². The van der Waals surface area contributed by atoms with Gasteiger partial charge in [-0.05, 0) is 33.6 Å². The molecule has 2 atom stereocenters. The van der Waals surface area contributed by atoms with E-state index in [0.717, 1.165) is 25.0 Å². The summed E-state index contributed by atoms with van der Waals surface area (Å²) in [6, 6.07) is 0.0711. The van der Waals surface area contributed by atoms with E-state index in [2.05, 4.69) is 24.2 Å². The van der Waals surface area contributed by atoms with Crippen molar-refractivity contribution in [3.8, 4) is 0 Å². The van der Waals surface area contributed by atoms with Gasteiger partial charge in [0.2, 0.25) is 5.91 Å². The Hall–Kier alpha value is -2.09. The first-order valence-electron chi connectivity index (χ1n) is 9.88.